The first kappa shape index (κ1) is 22.4. The number of thioether (sulfide) groups is 1. The molecule has 0 bridgehead atoms. The van der Waals surface area contributed by atoms with E-state index in [1.807, 2.05) is 4.90 Å². The predicted octanol–water partition coefficient (Wildman–Crippen LogP) is 4.63. The Morgan fingerprint density at radius 2 is 2.19 bits per heavy atom. The molecule has 1 heterocycles. The van der Waals surface area contributed by atoms with Gasteiger partial charge in [-0.25, -0.2) is 4.98 Å². The highest BCUT2D eigenvalue weighted by Gasteiger charge is 2.35. The van der Waals surface area contributed by atoms with Gasteiger partial charge in [0.1, 0.15) is 0 Å². The zero-order valence-corrected chi connectivity index (χ0v) is 19.4. The number of allylic oxidation sites excluding steroid dienone is 2. The first-order valence-electron chi connectivity index (χ1n) is 10.9. The van der Waals surface area contributed by atoms with Crippen molar-refractivity contribution >= 4 is 40.2 Å². The fourth-order valence-corrected chi connectivity index (χ4v) is 5.07. The quantitative estimate of drug-likeness (QED) is 0.309. The maximum atomic E-state index is 13.2. The number of hydrogen-bond donors (Lipinski definition) is 0. The third kappa shape index (κ3) is 5.33. The molecular weight excluding hydrogens is 434 g/mol. The number of methoxy groups -OCH3 is 1. The summed E-state index contributed by atoms with van der Waals surface area (Å²) in [5.41, 5.74) is 1.63. The van der Waals surface area contributed by atoms with Crippen molar-refractivity contribution in [2.45, 2.75) is 62.7 Å². The number of halogens is 1. The molecule has 1 aromatic heterocycles. The number of amides is 1. The van der Waals surface area contributed by atoms with Gasteiger partial charge >= 0.3 is 0 Å². The lowest BCUT2D eigenvalue weighted by atomic mass is 10.0. The topological polar surface area (TPSA) is 64.4 Å². The van der Waals surface area contributed by atoms with Gasteiger partial charge in [0, 0.05) is 37.0 Å². The number of carbonyl (C=O) groups excluding carboxylic acids is 1. The third-order valence-corrected chi connectivity index (χ3v) is 6.89. The van der Waals surface area contributed by atoms with Crippen molar-refractivity contribution in [1.82, 2.24) is 14.5 Å². The number of rotatable bonds is 9. The van der Waals surface area contributed by atoms with E-state index in [0.717, 1.165) is 32.1 Å². The van der Waals surface area contributed by atoms with Crippen LogP contribution < -0.4 is 5.56 Å². The van der Waals surface area contributed by atoms with E-state index in [9.17, 15) is 9.59 Å². The molecule has 6 nitrogen and oxygen atoms in total. The first-order valence-corrected chi connectivity index (χ1v) is 12.3. The number of nitrogens with zero attached hydrogens (tertiary/aromatic N) is 3. The van der Waals surface area contributed by atoms with Crippen LogP contribution in [0.4, 0.5) is 0 Å². The number of benzene rings is 1. The molecule has 0 saturated heterocycles. The van der Waals surface area contributed by atoms with Crippen LogP contribution in [0.5, 0.6) is 0 Å². The van der Waals surface area contributed by atoms with E-state index >= 15 is 0 Å². The molecule has 0 unspecified atom stereocenters. The van der Waals surface area contributed by atoms with Crippen molar-refractivity contribution < 1.29 is 9.53 Å². The predicted molar refractivity (Wildman–Crippen MR) is 125 cm³/mol. The summed E-state index contributed by atoms with van der Waals surface area (Å²) < 4.78 is 6.81. The van der Waals surface area contributed by atoms with Gasteiger partial charge in [-0.3, -0.25) is 14.2 Å². The minimum absolute atomic E-state index is 0.101. The summed E-state index contributed by atoms with van der Waals surface area (Å²) in [6, 6.07) is 5.45. The van der Waals surface area contributed by atoms with Crippen LogP contribution in [0.1, 0.15) is 44.9 Å². The van der Waals surface area contributed by atoms with E-state index in [-0.39, 0.29) is 17.2 Å². The van der Waals surface area contributed by atoms with Gasteiger partial charge in [-0.15, -0.1) is 0 Å². The Labute approximate surface area is 191 Å². The molecule has 1 fully saturated rings. The lowest BCUT2D eigenvalue weighted by Gasteiger charge is -2.27. The van der Waals surface area contributed by atoms with Crippen molar-refractivity contribution in [1.29, 1.82) is 0 Å². The van der Waals surface area contributed by atoms with Gasteiger partial charge in [0.05, 0.1) is 16.7 Å². The summed E-state index contributed by atoms with van der Waals surface area (Å²) in [4.78, 5) is 33.0. The molecular formula is C23H28ClN3O3S. The second kappa shape index (κ2) is 10.2. The van der Waals surface area contributed by atoms with E-state index in [1.54, 1.807) is 29.9 Å². The molecule has 1 amide bonds. The highest BCUT2D eigenvalue weighted by Crippen LogP contribution is 2.34. The van der Waals surface area contributed by atoms with Crippen LogP contribution in [-0.2, 0) is 16.1 Å². The molecule has 166 valence electrons. The van der Waals surface area contributed by atoms with Gasteiger partial charge in [-0.1, -0.05) is 29.4 Å². The van der Waals surface area contributed by atoms with E-state index in [2.05, 4.69) is 6.08 Å². The molecule has 31 heavy (non-hydrogen) atoms. The summed E-state index contributed by atoms with van der Waals surface area (Å²) in [6.07, 6.45) is 9.42. The summed E-state index contributed by atoms with van der Waals surface area (Å²) in [5, 5.41) is 1.62. The average molecular weight is 462 g/mol. The van der Waals surface area contributed by atoms with Crippen LogP contribution in [0, 0.1) is 0 Å². The molecule has 1 aromatic carbocycles. The maximum absolute atomic E-state index is 13.2. The minimum Gasteiger partial charge on any atom is -0.385 e. The summed E-state index contributed by atoms with van der Waals surface area (Å²) in [5.74, 6) is 0.362. The number of ether oxygens (including phenoxy) is 1. The van der Waals surface area contributed by atoms with Crippen LogP contribution in [-0.4, -0.2) is 45.9 Å². The van der Waals surface area contributed by atoms with Gasteiger partial charge in [-0.05, 0) is 63.1 Å². The highest BCUT2D eigenvalue weighted by molar-refractivity contribution is 7.99. The van der Waals surface area contributed by atoms with Gasteiger partial charge in [-0.2, -0.15) is 0 Å². The lowest BCUT2D eigenvalue weighted by Crippen LogP contribution is -2.34. The largest absolute Gasteiger partial charge is 0.385 e. The number of aromatic nitrogens is 2. The van der Waals surface area contributed by atoms with Gasteiger partial charge in [0.15, 0.2) is 5.16 Å². The molecule has 2 aromatic rings. The number of carbonyl (C=O) groups is 1. The van der Waals surface area contributed by atoms with Gasteiger partial charge in [0.25, 0.3) is 5.56 Å². The monoisotopic (exact) mass is 461 g/mol. The zero-order chi connectivity index (χ0) is 21.8. The van der Waals surface area contributed by atoms with Gasteiger partial charge < -0.3 is 9.64 Å². The third-order valence-electron chi connectivity index (χ3n) is 5.69. The maximum Gasteiger partial charge on any atom is 0.262 e. The minimum atomic E-state index is -0.109. The average Bonchev–Trinajstić information content (AvgIpc) is 3.60. The fraction of sp³-hybridized carbons (Fsp3) is 0.522. The molecule has 0 radical (unpaired) electrons. The molecule has 0 aliphatic heterocycles. The Hall–Kier alpha value is -1.83. The van der Waals surface area contributed by atoms with Crippen molar-refractivity contribution in [2.75, 3.05) is 19.5 Å². The Morgan fingerprint density at radius 3 is 2.90 bits per heavy atom. The van der Waals surface area contributed by atoms with Crippen LogP contribution >= 0.6 is 23.4 Å². The molecule has 2 aliphatic rings. The Morgan fingerprint density at radius 1 is 1.35 bits per heavy atom. The Bertz CT molecular complexity index is 1050. The second-order valence-electron chi connectivity index (χ2n) is 8.08. The standard InChI is InChI=1S/C23H28ClN3O3S/c1-30-13-5-12-26-22(29)19-11-8-16(24)14-20(19)25-23(26)31-15-21(28)27(18-9-10-18)17-6-3-2-4-7-17/h6,8,11,14,18H,2-5,7,9-10,12-13,15H2,1H3. The van der Waals surface area contributed by atoms with Gasteiger partial charge in [0.2, 0.25) is 5.91 Å². The van der Waals surface area contributed by atoms with Crippen molar-refractivity contribution in [3.05, 3.63) is 45.3 Å². The highest BCUT2D eigenvalue weighted by atomic mass is 35.5. The summed E-state index contributed by atoms with van der Waals surface area (Å²) >= 11 is 7.46. The Kier molecular flexibility index (Phi) is 7.35. The number of fused-ring (bicyclic) bond motifs is 1. The van der Waals surface area contributed by atoms with Crippen LogP contribution in [0.15, 0.2) is 39.9 Å². The fourth-order valence-electron chi connectivity index (χ4n) is 4.02. The smallest absolute Gasteiger partial charge is 0.262 e. The molecule has 0 spiro atoms. The first-order chi connectivity index (χ1) is 15.1. The van der Waals surface area contributed by atoms with Crippen LogP contribution in [0.2, 0.25) is 5.02 Å². The lowest BCUT2D eigenvalue weighted by molar-refractivity contribution is -0.127. The van der Waals surface area contributed by atoms with E-state index in [0.29, 0.717) is 46.7 Å². The van der Waals surface area contributed by atoms with Crippen molar-refractivity contribution in [2.24, 2.45) is 0 Å². The molecule has 1 saturated carbocycles. The molecule has 8 heteroatoms. The second-order valence-corrected chi connectivity index (χ2v) is 9.46. The normalized spacial score (nSPS) is 16.4. The summed E-state index contributed by atoms with van der Waals surface area (Å²) in [6.45, 7) is 1.05. The Balaban J connectivity index is 1.58. The summed E-state index contributed by atoms with van der Waals surface area (Å²) in [7, 11) is 1.64. The van der Waals surface area contributed by atoms with E-state index in [1.165, 1.54) is 23.9 Å². The van der Waals surface area contributed by atoms with Crippen LogP contribution in [0.3, 0.4) is 0 Å². The molecule has 0 N–H and O–H groups in total. The zero-order valence-electron chi connectivity index (χ0n) is 17.8. The number of hydrogen-bond acceptors (Lipinski definition) is 5. The molecule has 4 rings (SSSR count). The molecule has 2 aliphatic carbocycles. The van der Waals surface area contributed by atoms with E-state index < -0.39 is 0 Å². The molecule has 0 atom stereocenters. The SMILES string of the molecule is COCCCn1c(SCC(=O)N(C2=CCCCC2)C2CC2)nc2cc(Cl)ccc2c1=O. The van der Waals surface area contributed by atoms with Crippen LogP contribution in [0.25, 0.3) is 10.9 Å². The van der Waals surface area contributed by atoms with E-state index in [4.69, 9.17) is 21.3 Å². The van der Waals surface area contributed by atoms with Crippen molar-refractivity contribution in [3.63, 3.8) is 0 Å². The van der Waals surface area contributed by atoms with Crippen molar-refractivity contribution in [3.8, 4) is 0 Å².